The first-order valence-electron chi connectivity index (χ1n) is 6.88. The van der Waals surface area contributed by atoms with Gasteiger partial charge < -0.3 is 5.32 Å². The first-order chi connectivity index (χ1) is 9.15. The Bertz CT molecular complexity index is 433. The second-order valence-corrected chi connectivity index (χ2v) is 5.29. The Hall–Kier alpha value is -1.61. The predicted octanol–water partition coefficient (Wildman–Crippen LogP) is 2.34. The van der Waals surface area contributed by atoms with Crippen molar-refractivity contribution in [1.29, 1.82) is 0 Å². The quantitative estimate of drug-likeness (QED) is 0.841. The van der Waals surface area contributed by atoms with Gasteiger partial charge in [-0.1, -0.05) is 36.9 Å². The van der Waals surface area contributed by atoms with Crippen LogP contribution in [0.2, 0.25) is 0 Å². The van der Waals surface area contributed by atoms with Crippen LogP contribution in [0.25, 0.3) is 0 Å². The molecule has 1 aliphatic heterocycles. The van der Waals surface area contributed by atoms with E-state index in [2.05, 4.69) is 41.1 Å². The van der Waals surface area contributed by atoms with Crippen LogP contribution in [0.1, 0.15) is 25.3 Å². The van der Waals surface area contributed by atoms with Crippen molar-refractivity contribution in [3.8, 4) is 0 Å². The molecule has 3 heteroatoms. The third-order valence-electron chi connectivity index (χ3n) is 3.56. The molecule has 1 aliphatic rings. The lowest BCUT2D eigenvalue weighted by Gasteiger charge is -2.32. The topological polar surface area (TPSA) is 32.3 Å². The molecular weight excluding hydrogens is 236 g/mol. The highest BCUT2D eigenvalue weighted by Gasteiger charge is 2.20. The highest BCUT2D eigenvalue weighted by molar-refractivity contribution is 5.92. The van der Waals surface area contributed by atoms with E-state index in [1.807, 2.05) is 6.07 Å². The number of nitrogens with zero attached hydrogens (tertiary/aromatic N) is 1. The van der Waals surface area contributed by atoms with Crippen molar-refractivity contribution in [3.05, 3.63) is 48.0 Å². The summed E-state index contributed by atoms with van der Waals surface area (Å²) in [7, 11) is 0. The van der Waals surface area contributed by atoms with Gasteiger partial charge in [0, 0.05) is 31.2 Å². The lowest BCUT2D eigenvalue weighted by atomic mass is 10.0. The molecule has 3 nitrogen and oxygen atoms in total. The summed E-state index contributed by atoms with van der Waals surface area (Å²) in [4.78, 5) is 14.0. The highest BCUT2D eigenvalue weighted by atomic mass is 16.1. The van der Waals surface area contributed by atoms with Gasteiger partial charge in [0.15, 0.2) is 0 Å². The third kappa shape index (κ3) is 4.21. The molecule has 0 atom stereocenters. The SMILES string of the molecule is C=C(C)C(=O)NC1CCN(Cc2ccccc2)CC1. The molecule has 1 amide bonds. The standard InChI is InChI=1S/C16H22N2O/c1-13(2)16(19)17-15-8-10-18(11-9-15)12-14-6-4-3-5-7-14/h3-7,15H,1,8-12H2,2H3,(H,17,19). The summed E-state index contributed by atoms with van der Waals surface area (Å²) < 4.78 is 0. The zero-order valence-electron chi connectivity index (χ0n) is 11.6. The number of likely N-dealkylation sites (tertiary alicyclic amines) is 1. The molecule has 0 saturated carbocycles. The van der Waals surface area contributed by atoms with Crippen molar-refractivity contribution in [3.63, 3.8) is 0 Å². The minimum atomic E-state index is -0.0125. The predicted molar refractivity (Wildman–Crippen MR) is 77.7 cm³/mol. The smallest absolute Gasteiger partial charge is 0.246 e. The molecular formula is C16H22N2O. The maximum atomic E-state index is 11.6. The minimum absolute atomic E-state index is 0.0125. The van der Waals surface area contributed by atoms with Crippen molar-refractivity contribution in [2.24, 2.45) is 0 Å². The average Bonchev–Trinajstić information content (AvgIpc) is 2.42. The van der Waals surface area contributed by atoms with Crippen LogP contribution in [-0.4, -0.2) is 29.9 Å². The first-order valence-corrected chi connectivity index (χ1v) is 6.88. The van der Waals surface area contributed by atoms with E-state index in [-0.39, 0.29) is 5.91 Å². The summed E-state index contributed by atoms with van der Waals surface area (Å²) in [6.07, 6.45) is 2.04. The molecule has 0 aliphatic carbocycles. The maximum absolute atomic E-state index is 11.6. The number of piperidine rings is 1. The zero-order chi connectivity index (χ0) is 13.7. The molecule has 0 unspecified atom stereocenters. The normalized spacial score (nSPS) is 17.1. The Labute approximate surface area is 115 Å². The number of carbonyl (C=O) groups is 1. The molecule has 0 bridgehead atoms. The summed E-state index contributed by atoms with van der Waals surface area (Å²) in [5, 5.41) is 3.04. The number of amides is 1. The third-order valence-corrected chi connectivity index (χ3v) is 3.56. The maximum Gasteiger partial charge on any atom is 0.246 e. The van der Waals surface area contributed by atoms with Gasteiger partial charge >= 0.3 is 0 Å². The molecule has 1 heterocycles. The van der Waals surface area contributed by atoms with E-state index >= 15 is 0 Å². The van der Waals surface area contributed by atoms with E-state index in [4.69, 9.17) is 0 Å². The Kier molecular flexibility index (Phi) is 4.74. The molecule has 2 rings (SSSR count). The van der Waals surface area contributed by atoms with Crippen LogP contribution in [0, 0.1) is 0 Å². The lowest BCUT2D eigenvalue weighted by molar-refractivity contribution is -0.118. The fraction of sp³-hybridized carbons (Fsp3) is 0.438. The molecule has 1 aromatic rings. The van der Waals surface area contributed by atoms with Gasteiger partial charge in [-0.2, -0.15) is 0 Å². The van der Waals surface area contributed by atoms with Gasteiger partial charge in [0.2, 0.25) is 5.91 Å². The van der Waals surface area contributed by atoms with E-state index in [1.165, 1.54) is 5.56 Å². The summed E-state index contributed by atoms with van der Waals surface area (Å²) in [5.74, 6) is -0.0125. The van der Waals surface area contributed by atoms with Crippen LogP contribution >= 0.6 is 0 Å². The minimum Gasteiger partial charge on any atom is -0.350 e. The molecule has 0 spiro atoms. The number of rotatable bonds is 4. The molecule has 1 saturated heterocycles. The summed E-state index contributed by atoms with van der Waals surface area (Å²) in [5.41, 5.74) is 1.94. The molecule has 102 valence electrons. The van der Waals surface area contributed by atoms with Crippen molar-refractivity contribution < 1.29 is 4.79 Å². The van der Waals surface area contributed by atoms with Gasteiger partial charge in [0.05, 0.1) is 0 Å². The Morgan fingerprint density at radius 3 is 2.53 bits per heavy atom. The van der Waals surface area contributed by atoms with Gasteiger partial charge in [-0.15, -0.1) is 0 Å². The van der Waals surface area contributed by atoms with Crippen LogP contribution in [0.3, 0.4) is 0 Å². The van der Waals surface area contributed by atoms with E-state index in [1.54, 1.807) is 6.92 Å². The number of nitrogens with one attached hydrogen (secondary N) is 1. The molecule has 0 aromatic heterocycles. The van der Waals surface area contributed by atoms with E-state index < -0.39 is 0 Å². The number of carbonyl (C=O) groups excluding carboxylic acids is 1. The van der Waals surface area contributed by atoms with Crippen LogP contribution in [0.15, 0.2) is 42.5 Å². The van der Waals surface area contributed by atoms with Crippen LogP contribution < -0.4 is 5.32 Å². The van der Waals surface area contributed by atoms with Gasteiger partial charge in [-0.05, 0) is 25.3 Å². The number of hydrogen-bond acceptors (Lipinski definition) is 2. The first kappa shape index (κ1) is 13.8. The van der Waals surface area contributed by atoms with E-state index in [0.29, 0.717) is 11.6 Å². The van der Waals surface area contributed by atoms with Crippen molar-refractivity contribution in [2.75, 3.05) is 13.1 Å². The fourth-order valence-electron chi connectivity index (χ4n) is 2.39. The summed E-state index contributed by atoms with van der Waals surface area (Å²) in [6.45, 7) is 8.50. The number of benzene rings is 1. The van der Waals surface area contributed by atoms with Gasteiger partial charge in [0.1, 0.15) is 0 Å². The Balaban J connectivity index is 1.76. The van der Waals surface area contributed by atoms with Crippen molar-refractivity contribution in [1.82, 2.24) is 10.2 Å². The zero-order valence-corrected chi connectivity index (χ0v) is 11.6. The molecule has 0 radical (unpaired) electrons. The van der Waals surface area contributed by atoms with Crippen molar-refractivity contribution in [2.45, 2.75) is 32.4 Å². The number of hydrogen-bond donors (Lipinski definition) is 1. The molecule has 19 heavy (non-hydrogen) atoms. The summed E-state index contributed by atoms with van der Waals surface area (Å²) in [6, 6.07) is 10.8. The van der Waals surface area contributed by atoms with Crippen LogP contribution in [-0.2, 0) is 11.3 Å². The largest absolute Gasteiger partial charge is 0.350 e. The lowest BCUT2D eigenvalue weighted by Crippen LogP contribution is -2.44. The second kappa shape index (κ2) is 6.53. The highest BCUT2D eigenvalue weighted by Crippen LogP contribution is 2.14. The fourth-order valence-corrected chi connectivity index (χ4v) is 2.39. The van der Waals surface area contributed by atoms with Crippen LogP contribution in [0.5, 0.6) is 0 Å². The van der Waals surface area contributed by atoms with Gasteiger partial charge in [-0.3, -0.25) is 9.69 Å². The molecule has 1 aromatic carbocycles. The van der Waals surface area contributed by atoms with Gasteiger partial charge in [-0.25, -0.2) is 0 Å². The van der Waals surface area contributed by atoms with Gasteiger partial charge in [0.25, 0.3) is 0 Å². The average molecular weight is 258 g/mol. The monoisotopic (exact) mass is 258 g/mol. The van der Waals surface area contributed by atoms with Crippen molar-refractivity contribution >= 4 is 5.91 Å². The Morgan fingerprint density at radius 1 is 1.32 bits per heavy atom. The molecule has 1 N–H and O–H groups in total. The van der Waals surface area contributed by atoms with E-state index in [9.17, 15) is 4.79 Å². The summed E-state index contributed by atoms with van der Waals surface area (Å²) >= 11 is 0. The van der Waals surface area contributed by atoms with E-state index in [0.717, 1.165) is 32.5 Å². The van der Waals surface area contributed by atoms with Crippen LogP contribution in [0.4, 0.5) is 0 Å². The molecule has 1 fully saturated rings. The Morgan fingerprint density at radius 2 is 1.95 bits per heavy atom. The second-order valence-electron chi connectivity index (χ2n) is 5.29.